The summed E-state index contributed by atoms with van der Waals surface area (Å²) in [6, 6.07) is 6.94. The minimum Gasteiger partial charge on any atom is -0.207 e. The standard InChI is InChI=1S/C16H22N2O2S/c1-3-18(15-7-5-4-6-8-15)21(19,20)16-10-9-14(12-17)13(2)11-16/h9-11,15H,3-8H2,1-2H3. The fourth-order valence-corrected chi connectivity index (χ4v) is 4.83. The van der Waals surface area contributed by atoms with E-state index in [0.29, 0.717) is 22.6 Å². The van der Waals surface area contributed by atoms with E-state index >= 15 is 0 Å². The van der Waals surface area contributed by atoms with Crippen LogP contribution in [0.1, 0.15) is 50.2 Å². The number of nitrogens with zero attached hydrogens (tertiary/aromatic N) is 2. The highest BCUT2D eigenvalue weighted by Crippen LogP contribution is 2.28. The van der Waals surface area contributed by atoms with E-state index in [9.17, 15) is 8.42 Å². The van der Waals surface area contributed by atoms with Gasteiger partial charge in [-0.05, 0) is 43.5 Å². The number of benzene rings is 1. The molecule has 0 bridgehead atoms. The fraction of sp³-hybridized carbons (Fsp3) is 0.562. The predicted octanol–water partition coefficient (Wildman–Crippen LogP) is 3.21. The minimum atomic E-state index is -3.47. The Labute approximate surface area is 127 Å². The highest BCUT2D eigenvalue weighted by atomic mass is 32.2. The van der Waals surface area contributed by atoms with Gasteiger partial charge in [0.05, 0.1) is 16.5 Å². The number of nitriles is 1. The van der Waals surface area contributed by atoms with E-state index in [-0.39, 0.29) is 6.04 Å². The summed E-state index contributed by atoms with van der Waals surface area (Å²) in [5.41, 5.74) is 1.23. The molecule has 21 heavy (non-hydrogen) atoms. The number of sulfonamides is 1. The van der Waals surface area contributed by atoms with Crippen molar-refractivity contribution in [3.63, 3.8) is 0 Å². The van der Waals surface area contributed by atoms with E-state index in [1.165, 1.54) is 6.42 Å². The van der Waals surface area contributed by atoms with E-state index in [0.717, 1.165) is 25.7 Å². The number of rotatable bonds is 4. The second kappa shape index (κ2) is 6.59. The molecule has 0 atom stereocenters. The van der Waals surface area contributed by atoms with Crippen LogP contribution in [0.5, 0.6) is 0 Å². The van der Waals surface area contributed by atoms with Gasteiger partial charge >= 0.3 is 0 Å². The Morgan fingerprint density at radius 3 is 2.48 bits per heavy atom. The van der Waals surface area contributed by atoms with E-state index in [2.05, 4.69) is 6.07 Å². The first kappa shape index (κ1) is 16.0. The van der Waals surface area contributed by atoms with Gasteiger partial charge in [0.1, 0.15) is 0 Å². The van der Waals surface area contributed by atoms with Crippen LogP contribution in [0.3, 0.4) is 0 Å². The molecule has 2 rings (SSSR count). The average molecular weight is 306 g/mol. The maximum atomic E-state index is 12.9. The van der Waals surface area contributed by atoms with Crippen LogP contribution in [0.4, 0.5) is 0 Å². The second-order valence-electron chi connectivity index (χ2n) is 5.59. The molecule has 1 aliphatic carbocycles. The van der Waals surface area contributed by atoms with Gasteiger partial charge in [0.25, 0.3) is 0 Å². The number of hydrogen-bond acceptors (Lipinski definition) is 3. The minimum absolute atomic E-state index is 0.115. The topological polar surface area (TPSA) is 61.2 Å². The number of aryl methyl sites for hydroxylation is 1. The molecule has 1 aliphatic rings. The molecule has 0 heterocycles. The molecule has 1 aromatic rings. The van der Waals surface area contributed by atoms with Gasteiger partial charge in [0, 0.05) is 12.6 Å². The van der Waals surface area contributed by atoms with Crippen LogP contribution in [-0.2, 0) is 10.0 Å². The molecule has 5 heteroatoms. The van der Waals surface area contributed by atoms with E-state index in [1.807, 2.05) is 6.92 Å². The highest BCUT2D eigenvalue weighted by molar-refractivity contribution is 7.89. The molecular weight excluding hydrogens is 284 g/mol. The molecule has 1 aromatic carbocycles. The summed E-state index contributed by atoms with van der Waals surface area (Å²) in [7, 11) is -3.47. The Balaban J connectivity index is 2.35. The Hall–Kier alpha value is -1.38. The zero-order valence-corrected chi connectivity index (χ0v) is 13.5. The third-order valence-corrected chi connectivity index (χ3v) is 6.24. The first-order chi connectivity index (χ1) is 10.0. The van der Waals surface area contributed by atoms with Gasteiger partial charge in [0.15, 0.2) is 0 Å². The van der Waals surface area contributed by atoms with Crippen LogP contribution >= 0.6 is 0 Å². The molecule has 114 valence electrons. The van der Waals surface area contributed by atoms with Gasteiger partial charge in [-0.25, -0.2) is 8.42 Å². The first-order valence-electron chi connectivity index (χ1n) is 7.53. The molecule has 0 unspecified atom stereocenters. The summed E-state index contributed by atoms with van der Waals surface area (Å²) in [6.07, 6.45) is 5.29. The summed E-state index contributed by atoms with van der Waals surface area (Å²) in [6.45, 7) is 4.16. The highest BCUT2D eigenvalue weighted by Gasteiger charge is 2.31. The van der Waals surface area contributed by atoms with Crippen LogP contribution < -0.4 is 0 Å². The predicted molar refractivity (Wildman–Crippen MR) is 82.3 cm³/mol. The quantitative estimate of drug-likeness (QED) is 0.858. The van der Waals surface area contributed by atoms with Crippen molar-refractivity contribution in [3.8, 4) is 6.07 Å². The van der Waals surface area contributed by atoms with Crippen molar-refractivity contribution in [2.75, 3.05) is 6.54 Å². The van der Waals surface area contributed by atoms with Gasteiger partial charge in [-0.1, -0.05) is 26.2 Å². The van der Waals surface area contributed by atoms with E-state index in [4.69, 9.17) is 5.26 Å². The first-order valence-corrected chi connectivity index (χ1v) is 8.97. The van der Waals surface area contributed by atoms with Crippen molar-refractivity contribution in [3.05, 3.63) is 29.3 Å². The van der Waals surface area contributed by atoms with E-state index < -0.39 is 10.0 Å². The van der Waals surface area contributed by atoms with Gasteiger partial charge in [-0.3, -0.25) is 0 Å². The lowest BCUT2D eigenvalue weighted by atomic mass is 9.95. The Morgan fingerprint density at radius 1 is 1.29 bits per heavy atom. The van der Waals surface area contributed by atoms with Crippen LogP contribution in [0.25, 0.3) is 0 Å². The zero-order chi connectivity index (χ0) is 15.5. The molecule has 1 saturated carbocycles. The van der Waals surface area contributed by atoms with Crippen LogP contribution in [0.2, 0.25) is 0 Å². The molecule has 4 nitrogen and oxygen atoms in total. The average Bonchev–Trinajstić information content (AvgIpc) is 2.48. The SMILES string of the molecule is CCN(C1CCCCC1)S(=O)(=O)c1ccc(C#N)c(C)c1. The number of hydrogen-bond donors (Lipinski definition) is 0. The van der Waals surface area contributed by atoms with Crippen molar-refractivity contribution in [1.82, 2.24) is 4.31 Å². The maximum absolute atomic E-state index is 12.9. The van der Waals surface area contributed by atoms with E-state index in [1.54, 1.807) is 29.4 Å². The molecule has 0 saturated heterocycles. The zero-order valence-electron chi connectivity index (χ0n) is 12.7. The van der Waals surface area contributed by atoms with Crippen LogP contribution in [-0.4, -0.2) is 25.3 Å². The maximum Gasteiger partial charge on any atom is 0.243 e. The van der Waals surface area contributed by atoms with Crippen molar-refractivity contribution >= 4 is 10.0 Å². The fourth-order valence-electron chi connectivity index (χ4n) is 3.05. The summed E-state index contributed by atoms with van der Waals surface area (Å²) >= 11 is 0. The van der Waals surface area contributed by atoms with Gasteiger partial charge in [-0.15, -0.1) is 0 Å². The summed E-state index contributed by atoms with van der Waals surface area (Å²) in [5.74, 6) is 0. The van der Waals surface area contributed by atoms with Crippen molar-refractivity contribution in [2.45, 2.75) is 56.9 Å². The third-order valence-electron chi connectivity index (χ3n) is 4.22. The summed E-state index contributed by atoms with van der Waals surface area (Å²) in [5, 5.41) is 8.96. The van der Waals surface area contributed by atoms with Crippen molar-refractivity contribution in [2.24, 2.45) is 0 Å². The molecule has 1 fully saturated rings. The third kappa shape index (κ3) is 3.28. The van der Waals surface area contributed by atoms with Gasteiger partial charge < -0.3 is 0 Å². The van der Waals surface area contributed by atoms with Crippen LogP contribution in [0, 0.1) is 18.3 Å². The van der Waals surface area contributed by atoms with Crippen molar-refractivity contribution in [1.29, 1.82) is 5.26 Å². The molecule has 0 aromatic heterocycles. The smallest absolute Gasteiger partial charge is 0.207 e. The normalized spacial score (nSPS) is 16.9. The summed E-state index contributed by atoms with van der Waals surface area (Å²) < 4.78 is 27.3. The molecule has 0 spiro atoms. The van der Waals surface area contributed by atoms with Gasteiger partial charge in [-0.2, -0.15) is 9.57 Å². The molecule has 0 amide bonds. The lowest BCUT2D eigenvalue weighted by molar-refractivity contribution is 0.261. The lowest BCUT2D eigenvalue weighted by Crippen LogP contribution is -2.41. The van der Waals surface area contributed by atoms with Gasteiger partial charge in [0.2, 0.25) is 10.0 Å². The van der Waals surface area contributed by atoms with Crippen LogP contribution in [0.15, 0.2) is 23.1 Å². The summed E-state index contributed by atoms with van der Waals surface area (Å²) in [4.78, 5) is 0.298. The molecule has 0 N–H and O–H groups in total. The second-order valence-corrected chi connectivity index (χ2v) is 7.48. The molecular formula is C16H22N2O2S. The molecule has 0 aliphatic heterocycles. The molecule has 0 radical (unpaired) electrons. The van der Waals surface area contributed by atoms with Crippen molar-refractivity contribution < 1.29 is 8.42 Å². The lowest BCUT2D eigenvalue weighted by Gasteiger charge is -2.32. The Kier molecular flexibility index (Phi) is 5.02. The monoisotopic (exact) mass is 306 g/mol. The Bertz CT molecular complexity index is 641. The largest absolute Gasteiger partial charge is 0.243 e. The Morgan fingerprint density at radius 2 is 1.95 bits per heavy atom.